The smallest absolute Gasteiger partial charge is 0.0917 e. The van der Waals surface area contributed by atoms with Crippen molar-refractivity contribution in [3.63, 3.8) is 0 Å². The zero-order valence-electron chi connectivity index (χ0n) is 17.6. The van der Waals surface area contributed by atoms with Gasteiger partial charge in [0.05, 0.1) is 88.9 Å². The van der Waals surface area contributed by atoms with Gasteiger partial charge in [-0.3, -0.25) is 0 Å². The van der Waals surface area contributed by atoms with Crippen LogP contribution < -0.4 is 22.9 Å². The highest BCUT2D eigenvalue weighted by atomic mass is 14.9. The Morgan fingerprint density at radius 3 is 0.588 bits per heavy atom. The van der Waals surface area contributed by atoms with Crippen molar-refractivity contribution in [3.8, 4) is 0 Å². The van der Waals surface area contributed by atoms with Crippen LogP contribution >= 0.6 is 0 Å². The number of nitrogens with zero attached hydrogens (tertiary/aromatic N) is 6. The first-order valence-corrected chi connectivity index (χ1v) is 10.5. The number of aromatic nitrogens is 6. The minimum atomic E-state index is 0.470. The van der Waals surface area contributed by atoms with Crippen LogP contribution in [0, 0.1) is 0 Å². The van der Waals surface area contributed by atoms with E-state index in [9.17, 15) is 0 Å². The topological polar surface area (TPSA) is 181 Å². The van der Waals surface area contributed by atoms with Crippen molar-refractivity contribution in [2.75, 3.05) is 22.9 Å². The van der Waals surface area contributed by atoms with Gasteiger partial charge in [0.2, 0.25) is 0 Å². The molecule has 0 fully saturated rings. The first-order valence-electron chi connectivity index (χ1n) is 10.5. The predicted molar refractivity (Wildman–Crippen MR) is 136 cm³/mol. The Kier molecular flexibility index (Phi) is 3.38. The summed E-state index contributed by atoms with van der Waals surface area (Å²) < 4.78 is 0. The molecule has 0 aliphatic carbocycles. The van der Waals surface area contributed by atoms with Crippen molar-refractivity contribution in [3.05, 3.63) is 48.5 Å². The zero-order valence-corrected chi connectivity index (χ0v) is 17.6. The quantitative estimate of drug-likeness (QED) is 0.200. The predicted octanol–water partition coefficient (Wildman–Crippen LogP) is 3.30. The molecular formula is C24H16N10. The number of rotatable bonds is 0. The largest absolute Gasteiger partial charge is 0.397 e. The summed E-state index contributed by atoms with van der Waals surface area (Å²) in [7, 11) is 0. The van der Waals surface area contributed by atoms with Crippen LogP contribution in [0.2, 0.25) is 0 Å². The number of hydrogen-bond donors (Lipinski definition) is 4. The number of anilines is 4. The third-order valence-corrected chi connectivity index (χ3v) is 5.95. The minimum Gasteiger partial charge on any atom is -0.397 e. The number of nitrogen functional groups attached to an aromatic ring is 4. The fourth-order valence-electron chi connectivity index (χ4n) is 4.18. The van der Waals surface area contributed by atoms with Gasteiger partial charge in [-0.25, -0.2) is 29.9 Å². The average Bonchev–Trinajstić information content (AvgIpc) is 2.80. The Balaban J connectivity index is 1.50. The van der Waals surface area contributed by atoms with E-state index < -0.39 is 0 Å². The Bertz CT molecular complexity index is 1730. The van der Waals surface area contributed by atoms with Gasteiger partial charge in [-0.05, 0) is 48.5 Å². The summed E-state index contributed by atoms with van der Waals surface area (Å²) in [5.41, 5.74) is 33.9. The summed E-state index contributed by atoms with van der Waals surface area (Å²) in [6.07, 6.45) is 0. The number of fused-ring (bicyclic) bond motifs is 6. The molecule has 0 radical (unpaired) electrons. The van der Waals surface area contributed by atoms with Crippen molar-refractivity contribution >= 4 is 88.9 Å². The van der Waals surface area contributed by atoms with Gasteiger partial charge < -0.3 is 22.9 Å². The third kappa shape index (κ3) is 2.62. The van der Waals surface area contributed by atoms with E-state index >= 15 is 0 Å². The minimum absolute atomic E-state index is 0.470. The lowest BCUT2D eigenvalue weighted by Gasteiger charge is -2.08. The van der Waals surface area contributed by atoms with E-state index in [-0.39, 0.29) is 0 Å². The monoisotopic (exact) mass is 444 g/mol. The number of benzene rings is 4. The van der Waals surface area contributed by atoms with Gasteiger partial charge in [-0.15, -0.1) is 0 Å². The summed E-state index contributed by atoms with van der Waals surface area (Å²) >= 11 is 0. The summed E-state index contributed by atoms with van der Waals surface area (Å²) in [6, 6.07) is 14.4. The first-order chi connectivity index (χ1) is 16.4. The molecule has 0 aliphatic heterocycles. The lowest BCUT2D eigenvalue weighted by Crippen LogP contribution is -1.98. The van der Waals surface area contributed by atoms with E-state index in [1.54, 1.807) is 24.3 Å². The van der Waals surface area contributed by atoms with Gasteiger partial charge in [0.25, 0.3) is 0 Å². The normalized spacial score (nSPS) is 12.0. The van der Waals surface area contributed by atoms with E-state index in [1.165, 1.54) is 0 Å². The number of nitrogens with two attached hydrogens (primary N) is 4. The highest BCUT2D eigenvalue weighted by Gasteiger charge is 2.11. The fraction of sp³-hybridized carbons (Fsp3) is 0. The van der Waals surface area contributed by atoms with Crippen LogP contribution in [-0.2, 0) is 0 Å². The van der Waals surface area contributed by atoms with Crippen molar-refractivity contribution < 1.29 is 0 Å². The van der Waals surface area contributed by atoms with Crippen LogP contribution in [0.15, 0.2) is 48.5 Å². The molecule has 162 valence electrons. The fourth-order valence-corrected chi connectivity index (χ4v) is 4.18. The zero-order chi connectivity index (χ0) is 23.1. The Morgan fingerprint density at radius 1 is 0.265 bits per heavy atom. The van der Waals surface area contributed by atoms with Crippen LogP contribution in [0.5, 0.6) is 0 Å². The third-order valence-electron chi connectivity index (χ3n) is 5.95. The Labute approximate surface area is 190 Å². The molecule has 0 amide bonds. The molecule has 0 atom stereocenters. The highest BCUT2D eigenvalue weighted by Crippen LogP contribution is 2.28. The van der Waals surface area contributed by atoms with Crippen LogP contribution in [0.25, 0.3) is 66.2 Å². The molecule has 3 heterocycles. The maximum absolute atomic E-state index is 5.94. The molecule has 7 rings (SSSR count). The SMILES string of the molecule is Nc1cc2nc3cc4nc5cc6nc7cc(N)c(N)cc7nc6cc5nc4cc3nc2cc1N. The van der Waals surface area contributed by atoms with E-state index in [4.69, 9.17) is 52.8 Å². The summed E-state index contributed by atoms with van der Waals surface area (Å²) in [5.74, 6) is 0. The van der Waals surface area contributed by atoms with Crippen molar-refractivity contribution in [1.82, 2.24) is 29.9 Å². The van der Waals surface area contributed by atoms with Crippen LogP contribution in [0.4, 0.5) is 22.7 Å². The van der Waals surface area contributed by atoms with Gasteiger partial charge in [-0.1, -0.05) is 0 Å². The molecule has 0 unspecified atom stereocenters. The standard InChI is InChI=1S/C24H16N10/c25-9-1-13-14(2-10(9)26)30-18-6-22-21(5-17(18)29-13)33-23-7-19-20(8-24(23)34-22)32-16-4-12(28)11(27)3-15(16)31-19/h1-8H,25-28H2. The molecule has 0 spiro atoms. The summed E-state index contributed by atoms with van der Waals surface area (Å²) in [4.78, 5) is 28.4. The van der Waals surface area contributed by atoms with E-state index in [2.05, 4.69) is 0 Å². The molecule has 4 aromatic carbocycles. The molecule has 10 nitrogen and oxygen atoms in total. The molecule has 8 N–H and O–H groups in total. The van der Waals surface area contributed by atoms with Gasteiger partial charge in [0.15, 0.2) is 0 Å². The van der Waals surface area contributed by atoms with E-state index in [0.29, 0.717) is 88.9 Å². The van der Waals surface area contributed by atoms with E-state index in [0.717, 1.165) is 0 Å². The molecule has 34 heavy (non-hydrogen) atoms. The van der Waals surface area contributed by atoms with Crippen molar-refractivity contribution in [1.29, 1.82) is 0 Å². The van der Waals surface area contributed by atoms with Crippen LogP contribution in [-0.4, -0.2) is 29.9 Å². The van der Waals surface area contributed by atoms with Gasteiger partial charge in [0, 0.05) is 0 Å². The first kappa shape index (κ1) is 18.5. The maximum Gasteiger partial charge on any atom is 0.0917 e. The highest BCUT2D eigenvalue weighted by molar-refractivity contribution is 6.01. The van der Waals surface area contributed by atoms with Crippen LogP contribution in [0.1, 0.15) is 0 Å². The Hall–Kier alpha value is -5.12. The summed E-state index contributed by atoms with van der Waals surface area (Å²) in [6.45, 7) is 0. The molecular weight excluding hydrogens is 428 g/mol. The molecule has 0 aliphatic rings. The van der Waals surface area contributed by atoms with E-state index in [1.807, 2.05) is 24.3 Å². The molecule has 7 aromatic rings. The number of hydrogen-bond acceptors (Lipinski definition) is 10. The maximum atomic E-state index is 5.94. The Morgan fingerprint density at radius 2 is 0.412 bits per heavy atom. The van der Waals surface area contributed by atoms with Crippen LogP contribution in [0.3, 0.4) is 0 Å². The molecule has 0 saturated carbocycles. The van der Waals surface area contributed by atoms with Gasteiger partial charge in [-0.2, -0.15) is 0 Å². The van der Waals surface area contributed by atoms with Crippen molar-refractivity contribution in [2.24, 2.45) is 0 Å². The lowest BCUT2D eigenvalue weighted by molar-refractivity contribution is 1.35. The molecule has 0 saturated heterocycles. The molecule has 3 aromatic heterocycles. The van der Waals surface area contributed by atoms with Gasteiger partial charge >= 0.3 is 0 Å². The van der Waals surface area contributed by atoms with Crippen molar-refractivity contribution in [2.45, 2.75) is 0 Å². The lowest BCUT2D eigenvalue weighted by atomic mass is 10.2. The summed E-state index contributed by atoms with van der Waals surface area (Å²) in [5, 5.41) is 0. The second-order valence-electron chi connectivity index (χ2n) is 8.27. The molecule has 0 bridgehead atoms. The molecule has 10 heteroatoms. The average molecular weight is 444 g/mol. The second-order valence-corrected chi connectivity index (χ2v) is 8.27. The van der Waals surface area contributed by atoms with Gasteiger partial charge in [0.1, 0.15) is 0 Å². The second kappa shape index (κ2) is 6.23.